The molecule has 0 radical (unpaired) electrons. The Labute approximate surface area is 198 Å². The van der Waals surface area contributed by atoms with Crippen LogP contribution >= 0.6 is 0 Å². The van der Waals surface area contributed by atoms with Gasteiger partial charge in [-0.2, -0.15) is 0 Å². The van der Waals surface area contributed by atoms with Gasteiger partial charge in [-0.3, -0.25) is 9.79 Å². The lowest BCUT2D eigenvalue weighted by Gasteiger charge is -2.12. The quantitative estimate of drug-likeness (QED) is 0.134. The van der Waals surface area contributed by atoms with Crippen molar-refractivity contribution < 1.29 is 20.1 Å². The van der Waals surface area contributed by atoms with E-state index in [1.54, 1.807) is 0 Å². The number of hydrogen-bond donors (Lipinski definition) is 6. The zero-order chi connectivity index (χ0) is 24.5. The molecule has 1 heterocycles. The van der Waals surface area contributed by atoms with Gasteiger partial charge < -0.3 is 31.3 Å². The number of hydrogen-bond acceptors (Lipinski definition) is 9. The second kappa shape index (κ2) is 12.1. The van der Waals surface area contributed by atoms with Gasteiger partial charge in [-0.05, 0) is 38.1 Å². The molecule has 6 N–H and O–H groups in total. The van der Waals surface area contributed by atoms with Gasteiger partial charge in [0.15, 0.2) is 0 Å². The zero-order valence-electron chi connectivity index (χ0n) is 19.6. The number of carbonyl (C=O) groups is 1. The predicted molar refractivity (Wildman–Crippen MR) is 133 cm³/mol. The topological polar surface area (TPSA) is 152 Å². The lowest BCUT2D eigenvalue weighted by Crippen LogP contribution is -2.32. The van der Waals surface area contributed by atoms with Crippen molar-refractivity contribution in [2.75, 3.05) is 39.3 Å². The van der Waals surface area contributed by atoms with Crippen LogP contribution in [-0.2, 0) is 0 Å². The van der Waals surface area contributed by atoms with E-state index in [0.717, 1.165) is 25.9 Å². The summed E-state index contributed by atoms with van der Waals surface area (Å²) in [4.78, 5) is 26.0. The smallest absolute Gasteiger partial charge is 0.253 e. The van der Waals surface area contributed by atoms with Gasteiger partial charge in [-0.1, -0.05) is 13.8 Å². The molecule has 182 valence electrons. The molecule has 0 saturated carbocycles. The number of aliphatic imine (C=N–C) groups is 1. The van der Waals surface area contributed by atoms with Gasteiger partial charge in [-0.25, -0.2) is 9.97 Å². The van der Waals surface area contributed by atoms with E-state index in [4.69, 9.17) is 0 Å². The third-order valence-corrected chi connectivity index (χ3v) is 5.17. The summed E-state index contributed by atoms with van der Waals surface area (Å²) in [5.74, 6) is -1.03. The Bertz CT molecular complexity index is 1180. The molecule has 0 aliphatic carbocycles. The molecule has 3 aromatic rings. The highest BCUT2D eigenvalue weighted by Crippen LogP contribution is 2.35. The second-order valence-corrected chi connectivity index (χ2v) is 7.87. The molecule has 0 saturated heterocycles. The van der Waals surface area contributed by atoms with E-state index in [-0.39, 0.29) is 56.3 Å². The number of nitrogens with one attached hydrogen (secondary N) is 3. The van der Waals surface area contributed by atoms with E-state index >= 15 is 0 Å². The number of fused-ring (bicyclic) bond motifs is 2. The third-order valence-electron chi connectivity index (χ3n) is 5.17. The van der Waals surface area contributed by atoms with Crippen LogP contribution in [0.4, 0.5) is 0 Å². The number of phenolic OH excluding ortho intramolecular Hbond substituents is 3. The van der Waals surface area contributed by atoms with E-state index in [2.05, 4.69) is 44.8 Å². The first kappa shape index (κ1) is 25.1. The summed E-state index contributed by atoms with van der Waals surface area (Å²) < 4.78 is 0. The molecule has 0 fully saturated rings. The molecule has 10 heteroatoms. The van der Waals surface area contributed by atoms with E-state index in [1.165, 1.54) is 24.4 Å². The van der Waals surface area contributed by atoms with Gasteiger partial charge in [0.25, 0.3) is 5.91 Å². The Morgan fingerprint density at radius 3 is 2.26 bits per heavy atom. The highest BCUT2D eigenvalue weighted by molar-refractivity contribution is 6.09. The van der Waals surface area contributed by atoms with Crippen molar-refractivity contribution in [3.63, 3.8) is 0 Å². The normalized spacial score (nSPS) is 11.6. The number of amides is 1. The fraction of sp³-hybridized carbons (Fsp3) is 0.417. The van der Waals surface area contributed by atoms with Crippen LogP contribution in [-0.4, -0.2) is 76.7 Å². The fourth-order valence-corrected chi connectivity index (χ4v) is 3.46. The van der Waals surface area contributed by atoms with Crippen molar-refractivity contribution in [3.8, 4) is 17.2 Å². The Kier molecular flexibility index (Phi) is 8.94. The molecule has 3 rings (SSSR count). The SMILES string of the molecule is CCCNCCN=Cc1c(O)cc(O)c2nc3c(C(=O)NCCNCCC)ccc(O)c3nc12. The standard InChI is InChI=1S/C24H32N6O4/c1-3-7-25-9-10-27-14-16-18(32)13-19(33)23-21(16)30-22-17(31)6-5-15(20(22)29-23)24(34)28-12-11-26-8-4-2/h5-6,13-14,25-26,31-33H,3-4,7-12H2,1-2H3,(H,28,34). The van der Waals surface area contributed by atoms with Crippen molar-refractivity contribution >= 4 is 34.2 Å². The van der Waals surface area contributed by atoms with E-state index in [9.17, 15) is 20.1 Å². The number of nitrogens with zero attached hydrogens (tertiary/aromatic N) is 3. The van der Waals surface area contributed by atoms with Crippen LogP contribution in [0.15, 0.2) is 23.2 Å². The Morgan fingerprint density at radius 2 is 1.53 bits per heavy atom. The van der Waals surface area contributed by atoms with Crippen LogP contribution in [0.3, 0.4) is 0 Å². The molecular formula is C24H32N6O4. The number of phenols is 3. The molecule has 1 amide bonds. The lowest BCUT2D eigenvalue weighted by molar-refractivity contribution is 0.0955. The van der Waals surface area contributed by atoms with Crippen LogP contribution in [0.1, 0.15) is 42.6 Å². The molecule has 34 heavy (non-hydrogen) atoms. The van der Waals surface area contributed by atoms with Crippen molar-refractivity contribution in [1.82, 2.24) is 25.9 Å². The average molecular weight is 469 g/mol. The maximum Gasteiger partial charge on any atom is 0.253 e. The van der Waals surface area contributed by atoms with Crippen molar-refractivity contribution in [3.05, 3.63) is 29.3 Å². The van der Waals surface area contributed by atoms with Crippen LogP contribution in [0, 0.1) is 0 Å². The lowest BCUT2D eigenvalue weighted by atomic mass is 10.1. The molecule has 0 spiro atoms. The minimum atomic E-state index is -0.364. The van der Waals surface area contributed by atoms with E-state index < -0.39 is 0 Å². The summed E-state index contributed by atoms with van der Waals surface area (Å²) in [5, 5.41) is 40.5. The second-order valence-electron chi connectivity index (χ2n) is 7.87. The summed E-state index contributed by atoms with van der Waals surface area (Å²) in [7, 11) is 0. The number of aromatic nitrogens is 2. The molecular weight excluding hydrogens is 436 g/mol. The summed E-state index contributed by atoms with van der Waals surface area (Å²) in [5.41, 5.74) is 1.01. The highest BCUT2D eigenvalue weighted by Gasteiger charge is 2.19. The number of benzene rings is 2. The molecule has 0 bridgehead atoms. The Morgan fingerprint density at radius 1 is 0.853 bits per heavy atom. The Hall–Kier alpha value is -3.50. The maximum absolute atomic E-state index is 12.8. The van der Waals surface area contributed by atoms with Crippen molar-refractivity contribution in [2.24, 2.45) is 4.99 Å². The van der Waals surface area contributed by atoms with Gasteiger partial charge in [0, 0.05) is 31.9 Å². The van der Waals surface area contributed by atoms with Crippen molar-refractivity contribution in [1.29, 1.82) is 0 Å². The van der Waals surface area contributed by atoms with Gasteiger partial charge in [0.2, 0.25) is 0 Å². The minimum Gasteiger partial charge on any atom is -0.507 e. The molecule has 0 aliphatic heterocycles. The first-order valence-corrected chi connectivity index (χ1v) is 11.6. The van der Waals surface area contributed by atoms with Crippen molar-refractivity contribution in [2.45, 2.75) is 26.7 Å². The molecule has 0 atom stereocenters. The third kappa shape index (κ3) is 5.89. The summed E-state index contributed by atoms with van der Waals surface area (Å²) in [6.45, 7) is 8.13. The number of carbonyl (C=O) groups excluding carboxylic acids is 1. The molecule has 2 aromatic carbocycles. The summed E-state index contributed by atoms with van der Waals surface area (Å²) in [6.07, 6.45) is 3.50. The van der Waals surface area contributed by atoms with Crippen LogP contribution in [0.2, 0.25) is 0 Å². The molecule has 0 aliphatic rings. The first-order valence-electron chi connectivity index (χ1n) is 11.6. The molecule has 10 nitrogen and oxygen atoms in total. The van der Waals surface area contributed by atoms with E-state index in [1.807, 2.05) is 0 Å². The molecule has 0 unspecified atom stereocenters. The first-order chi connectivity index (χ1) is 16.5. The largest absolute Gasteiger partial charge is 0.507 e. The van der Waals surface area contributed by atoms with Crippen LogP contribution < -0.4 is 16.0 Å². The van der Waals surface area contributed by atoms with Gasteiger partial charge in [0.05, 0.1) is 17.7 Å². The number of rotatable bonds is 12. The van der Waals surface area contributed by atoms with Crippen LogP contribution in [0.25, 0.3) is 22.1 Å². The minimum absolute atomic E-state index is 0.0912. The van der Waals surface area contributed by atoms with Gasteiger partial charge in [-0.15, -0.1) is 0 Å². The van der Waals surface area contributed by atoms with Gasteiger partial charge >= 0.3 is 0 Å². The molecule has 1 aromatic heterocycles. The zero-order valence-corrected chi connectivity index (χ0v) is 19.6. The average Bonchev–Trinajstić information content (AvgIpc) is 2.82. The Balaban J connectivity index is 1.97. The summed E-state index contributed by atoms with van der Waals surface area (Å²) in [6, 6.07) is 4.01. The monoisotopic (exact) mass is 468 g/mol. The van der Waals surface area contributed by atoms with Crippen LogP contribution in [0.5, 0.6) is 17.2 Å². The summed E-state index contributed by atoms with van der Waals surface area (Å²) >= 11 is 0. The van der Waals surface area contributed by atoms with Gasteiger partial charge in [0.1, 0.15) is 39.3 Å². The fourth-order valence-electron chi connectivity index (χ4n) is 3.46. The highest BCUT2D eigenvalue weighted by atomic mass is 16.3. The predicted octanol–water partition coefficient (Wildman–Crippen LogP) is 2.05. The maximum atomic E-state index is 12.8. The van der Waals surface area contributed by atoms with E-state index in [0.29, 0.717) is 26.2 Å². The number of aromatic hydroxyl groups is 3.